The summed E-state index contributed by atoms with van der Waals surface area (Å²) < 4.78 is 16.6. The predicted molar refractivity (Wildman–Crippen MR) is 109 cm³/mol. The minimum Gasteiger partial charge on any atom is -0.493 e. The lowest BCUT2D eigenvalue weighted by Gasteiger charge is -2.36. The fraction of sp³-hybridized carbons (Fsp3) is 0.476. The minimum atomic E-state index is -0.698. The molecule has 1 aromatic heterocycles. The lowest BCUT2D eigenvalue weighted by molar-refractivity contribution is -0.143. The molecule has 0 aliphatic carbocycles. The summed E-state index contributed by atoms with van der Waals surface area (Å²) in [6, 6.07) is 6.19. The van der Waals surface area contributed by atoms with E-state index in [1.807, 2.05) is 12.1 Å². The molecule has 28 heavy (non-hydrogen) atoms. The largest absolute Gasteiger partial charge is 0.493 e. The number of aliphatic carboxylic acids is 1. The number of carboxylic acid groups (broad SMARTS) is 1. The van der Waals surface area contributed by atoms with Gasteiger partial charge in [-0.2, -0.15) is 0 Å². The summed E-state index contributed by atoms with van der Waals surface area (Å²) in [6.45, 7) is 3.55. The van der Waals surface area contributed by atoms with Crippen LogP contribution in [0.5, 0.6) is 17.2 Å². The van der Waals surface area contributed by atoms with Gasteiger partial charge in [-0.05, 0) is 67.6 Å². The number of nitrogens with zero attached hydrogens (tertiary/aromatic N) is 1. The van der Waals surface area contributed by atoms with Crippen molar-refractivity contribution in [2.24, 2.45) is 5.92 Å². The summed E-state index contributed by atoms with van der Waals surface area (Å²) in [5.41, 5.74) is 2.27. The molecule has 3 rings (SSSR count). The second kappa shape index (κ2) is 8.84. The lowest BCUT2D eigenvalue weighted by atomic mass is 9.93. The number of thiophene rings is 1. The van der Waals surface area contributed by atoms with Crippen LogP contribution in [0.3, 0.4) is 0 Å². The van der Waals surface area contributed by atoms with Crippen molar-refractivity contribution >= 4 is 17.3 Å². The van der Waals surface area contributed by atoms with Gasteiger partial charge in [0.15, 0.2) is 11.5 Å². The molecule has 1 atom stereocenters. The first-order chi connectivity index (χ1) is 13.5. The average molecular weight is 406 g/mol. The van der Waals surface area contributed by atoms with Crippen LogP contribution >= 0.6 is 11.3 Å². The van der Waals surface area contributed by atoms with Gasteiger partial charge in [-0.1, -0.05) is 0 Å². The molecule has 1 fully saturated rings. The third kappa shape index (κ3) is 4.10. The first kappa shape index (κ1) is 20.5. The molecule has 2 heterocycles. The maximum absolute atomic E-state index is 11.3. The van der Waals surface area contributed by atoms with E-state index in [4.69, 9.17) is 14.2 Å². The second-order valence-electron chi connectivity index (χ2n) is 7.04. The van der Waals surface area contributed by atoms with Crippen LogP contribution in [0.1, 0.15) is 34.9 Å². The zero-order valence-electron chi connectivity index (χ0n) is 16.7. The number of hydrogen-bond acceptors (Lipinski definition) is 6. The van der Waals surface area contributed by atoms with E-state index in [1.54, 1.807) is 32.7 Å². The van der Waals surface area contributed by atoms with Crippen molar-refractivity contribution in [1.29, 1.82) is 0 Å². The van der Waals surface area contributed by atoms with Crippen LogP contribution in [0, 0.1) is 12.8 Å². The van der Waals surface area contributed by atoms with Crippen LogP contribution in [0.25, 0.3) is 0 Å². The van der Waals surface area contributed by atoms with Gasteiger partial charge in [0.2, 0.25) is 5.75 Å². The van der Waals surface area contributed by atoms with Crippen molar-refractivity contribution in [3.63, 3.8) is 0 Å². The highest BCUT2D eigenvalue weighted by Gasteiger charge is 2.32. The summed E-state index contributed by atoms with van der Waals surface area (Å²) in [5.74, 6) is 0.850. The quantitative estimate of drug-likeness (QED) is 0.752. The van der Waals surface area contributed by atoms with Gasteiger partial charge in [-0.15, -0.1) is 11.3 Å². The third-order valence-corrected chi connectivity index (χ3v) is 6.37. The molecule has 1 unspecified atom stereocenters. The van der Waals surface area contributed by atoms with Crippen molar-refractivity contribution in [1.82, 2.24) is 4.90 Å². The molecule has 152 valence electrons. The summed E-state index contributed by atoms with van der Waals surface area (Å²) in [4.78, 5) is 14.9. The van der Waals surface area contributed by atoms with E-state index in [9.17, 15) is 9.90 Å². The zero-order valence-corrected chi connectivity index (χ0v) is 17.5. The fourth-order valence-electron chi connectivity index (χ4n) is 3.82. The van der Waals surface area contributed by atoms with E-state index in [0.717, 1.165) is 18.7 Å². The molecule has 0 spiro atoms. The molecule has 7 heteroatoms. The maximum Gasteiger partial charge on any atom is 0.306 e. The molecule has 1 N–H and O–H groups in total. The number of hydrogen-bond donors (Lipinski definition) is 1. The molecular formula is C21H27NO5S. The van der Waals surface area contributed by atoms with Gasteiger partial charge in [0, 0.05) is 4.88 Å². The van der Waals surface area contributed by atoms with Crippen LogP contribution in [0.15, 0.2) is 23.6 Å². The van der Waals surface area contributed by atoms with Crippen molar-refractivity contribution in [3.8, 4) is 17.2 Å². The summed E-state index contributed by atoms with van der Waals surface area (Å²) in [6.07, 6.45) is 1.31. The minimum absolute atomic E-state index is 0.0159. The number of likely N-dealkylation sites (tertiary alicyclic amines) is 1. The summed E-state index contributed by atoms with van der Waals surface area (Å²) >= 11 is 1.72. The first-order valence-electron chi connectivity index (χ1n) is 9.30. The topological polar surface area (TPSA) is 68.2 Å². The van der Waals surface area contributed by atoms with Crippen LogP contribution in [0.4, 0.5) is 0 Å². The Morgan fingerprint density at radius 3 is 2.14 bits per heavy atom. The maximum atomic E-state index is 11.3. The molecule has 1 aliphatic rings. The molecule has 1 aromatic carbocycles. The molecule has 2 aromatic rings. The van der Waals surface area contributed by atoms with Crippen LogP contribution in [-0.2, 0) is 4.79 Å². The van der Waals surface area contributed by atoms with Crippen molar-refractivity contribution in [2.45, 2.75) is 25.8 Å². The number of carbonyl (C=O) groups is 1. The third-order valence-electron chi connectivity index (χ3n) is 5.27. The van der Waals surface area contributed by atoms with Gasteiger partial charge < -0.3 is 19.3 Å². The predicted octanol–water partition coefficient (Wildman–Crippen LogP) is 3.97. The van der Waals surface area contributed by atoms with Crippen molar-refractivity contribution in [3.05, 3.63) is 39.6 Å². The van der Waals surface area contributed by atoms with Gasteiger partial charge in [0.1, 0.15) is 0 Å². The zero-order chi connectivity index (χ0) is 20.3. The van der Waals surface area contributed by atoms with E-state index in [1.165, 1.54) is 10.4 Å². The Kier molecular flexibility index (Phi) is 6.46. The van der Waals surface area contributed by atoms with E-state index in [0.29, 0.717) is 30.1 Å². The molecule has 6 nitrogen and oxygen atoms in total. The van der Waals surface area contributed by atoms with Crippen molar-refractivity contribution < 1.29 is 24.1 Å². The Balaban J connectivity index is 2.02. The number of piperidine rings is 1. The number of aryl methyl sites for hydroxylation is 1. The molecular weight excluding hydrogens is 378 g/mol. The van der Waals surface area contributed by atoms with Gasteiger partial charge in [-0.25, -0.2) is 0 Å². The van der Waals surface area contributed by atoms with Crippen LogP contribution < -0.4 is 14.2 Å². The highest BCUT2D eigenvalue weighted by atomic mass is 32.1. The van der Waals surface area contributed by atoms with Crippen LogP contribution in [-0.4, -0.2) is 50.4 Å². The Morgan fingerprint density at radius 2 is 1.71 bits per heavy atom. The molecule has 0 amide bonds. The lowest BCUT2D eigenvalue weighted by Crippen LogP contribution is -2.39. The van der Waals surface area contributed by atoms with E-state index in [2.05, 4.69) is 23.3 Å². The molecule has 1 aliphatic heterocycles. The number of carboxylic acids is 1. The molecule has 0 radical (unpaired) electrons. The van der Waals surface area contributed by atoms with E-state index in [-0.39, 0.29) is 12.0 Å². The Labute approximate surface area is 169 Å². The Morgan fingerprint density at radius 1 is 1.11 bits per heavy atom. The normalized spacial score (nSPS) is 16.6. The van der Waals surface area contributed by atoms with Gasteiger partial charge in [0.25, 0.3) is 0 Å². The van der Waals surface area contributed by atoms with Crippen molar-refractivity contribution in [2.75, 3.05) is 34.4 Å². The Bertz CT molecular complexity index is 801. The fourth-order valence-corrected chi connectivity index (χ4v) is 4.87. The molecule has 0 saturated carbocycles. The van der Waals surface area contributed by atoms with Gasteiger partial charge in [-0.3, -0.25) is 9.69 Å². The van der Waals surface area contributed by atoms with Gasteiger partial charge in [0.05, 0.1) is 33.3 Å². The molecule has 0 bridgehead atoms. The highest BCUT2D eigenvalue weighted by Crippen LogP contribution is 2.43. The number of methoxy groups -OCH3 is 3. The molecule has 1 saturated heterocycles. The SMILES string of the molecule is COc1cc(C(c2cc(C)cs2)N2CCC(C(=O)O)CC2)cc(OC)c1OC. The smallest absolute Gasteiger partial charge is 0.306 e. The second-order valence-corrected chi connectivity index (χ2v) is 7.98. The number of rotatable bonds is 7. The van der Waals surface area contributed by atoms with Crippen LogP contribution in [0.2, 0.25) is 0 Å². The Hall–Kier alpha value is -2.25. The standard InChI is InChI=1S/C21H27NO5S/c1-13-9-18(28-12-13)19(22-7-5-14(6-8-22)21(23)24)15-10-16(25-2)20(27-4)17(11-15)26-3/h9-12,14,19H,5-8H2,1-4H3,(H,23,24). The monoisotopic (exact) mass is 405 g/mol. The van der Waals surface area contributed by atoms with Gasteiger partial charge >= 0.3 is 5.97 Å². The van der Waals surface area contributed by atoms with E-state index >= 15 is 0 Å². The summed E-state index contributed by atoms with van der Waals surface area (Å²) in [5, 5.41) is 11.5. The number of benzene rings is 1. The number of ether oxygens (including phenoxy) is 3. The van der Waals surface area contributed by atoms with E-state index < -0.39 is 5.97 Å². The summed E-state index contributed by atoms with van der Waals surface area (Å²) in [7, 11) is 4.82. The highest BCUT2D eigenvalue weighted by molar-refractivity contribution is 7.10. The first-order valence-corrected chi connectivity index (χ1v) is 10.2. The average Bonchev–Trinajstić information content (AvgIpc) is 3.13.